The van der Waals surface area contributed by atoms with E-state index in [-0.39, 0.29) is 0 Å². The van der Waals surface area contributed by atoms with Gasteiger partial charge in [-0.15, -0.1) is 0 Å². The van der Waals surface area contributed by atoms with E-state index in [4.69, 9.17) is 4.52 Å². The normalized spacial score (nSPS) is 17.7. The predicted octanol–water partition coefficient (Wildman–Crippen LogP) is 2.99. The number of carboxylic acid groups (broad SMARTS) is 1. The van der Waals surface area contributed by atoms with E-state index in [1.165, 1.54) is 0 Å². The van der Waals surface area contributed by atoms with Crippen LogP contribution in [-0.2, 0) is 11.2 Å². The van der Waals surface area contributed by atoms with E-state index in [0.717, 1.165) is 18.4 Å². The van der Waals surface area contributed by atoms with Crippen LogP contribution < -0.4 is 0 Å². The third-order valence-electron chi connectivity index (χ3n) is 3.75. The van der Waals surface area contributed by atoms with Gasteiger partial charge in [-0.2, -0.15) is 16.3 Å². The van der Waals surface area contributed by atoms with E-state index in [2.05, 4.69) is 10.1 Å². The summed E-state index contributed by atoms with van der Waals surface area (Å²) in [6.07, 6.45) is 3.63. The van der Waals surface area contributed by atoms with Crippen LogP contribution in [0, 0.1) is 5.41 Å². The molecule has 1 aliphatic carbocycles. The highest BCUT2D eigenvalue weighted by atomic mass is 32.1. The number of hydrogen-bond acceptors (Lipinski definition) is 5. The van der Waals surface area contributed by atoms with Gasteiger partial charge in [-0.1, -0.05) is 18.0 Å². The van der Waals surface area contributed by atoms with E-state index in [0.29, 0.717) is 31.0 Å². The Kier molecular flexibility index (Phi) is 3.10. The van der Waals surface area contributed by atoms with Crippen molar-refractivity contribution in [3.05, 3.63) is 22.7 Å². The molecule has 2 heterocycles. The van der Waals surface area contributed by atoms with Gasteiger partial charge in [0, 0.05) is 17.4 Å². The maximum atomic E-state index is 11.5. The van der Waals surface area contributed by atoms with E-state index in [9.17, 15) is 9.90 Å². The molecule has 0 bridgehead atoms. The van der Waals surface area contributed by atoms with Crippen LogP contribution in [0.4, 0.5) is 0 Å². The van der Waals surface area contributed by atoms with Crippen LogP contribution in [0.2, 0.25) is 0 Å². The van der Waals surface area contributed by atoms with Crippen molar-refractivity contribution in [2.24, 2.45) is 5.41 Å². The molecule has 0 aromatic carbocycles. The zero-order chi connectivity index (χ0) is 13.3. The number of aliphatic carboxylic acids is 1. The van der Waals surface area contributed by atoms with Crippen LogP contribution >= 0.6 is 11.3 Å². The van der Waals surface area contributed by atoms with E-state index in [1.54, 1.807) is 11.3 Å². The van der Waals surface area contributed by atoms with Crippen molar-refractivity contribution in [3.63, 3.8) is 0 Å². The van der Waals surface area contributed by atoms with Gasteiger partial charge in [0.05, 0.1) is 5.41 Å². The summed E-state index contributed by atoms with van der Waals surface area (Å²) in [6, 6.07) is 1.92. The molecule has 0 saturated heterocycles. The molecule has 1 aliphatic rings. The monoisotopic (exact) mass is 278 g/mol. The maximum absolute atomic E-state index is 11.5. The molecule has 0 aliphatic heterocycles. The molecular weight excluding hydrogens is 264 g/mol. The first-order valence-corrected chi connectivity index (χ1v) is 7.22. The lowest BCUT2D eigenvalue weighted by atomic mass is 9.83. The molecule has 3 rings (SSSR count). The van der Waals surface area contributed by atoms with Gasteiger partial charge in [0.2, 0.25) is 11.7 Å². The van der Waals surface area contributed by atoms with Crippen LogP contribution in [-0.4, -0.2) is 21.2 Å². The Morgan fingerprint density at radius 1 is 1.47 bits per heavy atom. The number of rotatable bonds is 4. The second kappa shape index (κ2) is 4.77. The average Bonchev–Trinajstić information content (AvgIpc) is 3.10. The number of hydrogen-bond donors (Lipinski definition) is 1. The molecule has 2 aromatic heterocycles. The molecular formula is C13H14N2O3S. The topological polar surface area (TPSA) is 76.2 Å². The zero-order valence-corrected chi connectivity index (χ0v) is 11.2. The Balaban J connectivity index is 1.82. The summed E-state index contributed by atoms with van der Waals surface area (Å²) < 4.78 is 5.21. The number of nitrogens with zero attached hydrogens (tertiary/aromatic N) is 2. The lowest BCUT2D eigenvalue weighted by molar-refractivity contribution is -0.148. The minimum absolute atomic E-state index is 0.333. The van der Waals surface area contributed by atoms with E-state index >= 15 is 0 Å². The Bertz CT molecular complexity index is 570. The fourth-order valence-corrected chi connectivity index (χ4v) is 3.28. The van der Waals surface area contributed by atoms with Crippen molar-refractivity contribution in [2.45, 2.75) is 32.1 Å². The Labute approximate surface area is 114 Å². The fraction of sp³-hybridized carbons (Fsp3) is 0.462. The largest absolute Gasteiger partial charge is 0.481 e. The highest BCUT2D eigenvalue weighted by molar-refractivity contribution is 7.08. The van der Waals surface area contributed by atoms with Gasteiger partial charge in [0.15, 0.2) is 0 Å². The van der Waals surface area contributed by atoms with E-state index < -0.39 is 11.4 Å². The summed E-state index contributed by atoms with van der Waals surface area (Å²) in [5.41, 5.74) is 0.203. The van der Waals surface area contributed by atoms with Gasteiger partial charge >= 0.3 is 5.97 Å². The van der Waals surface area contributed by atoms with Crippen LogP contribution in [0.15, 0.2) is 21.3 Å². The van der Waals surface area contributed by atoms with Crippen molar-refractivity contribution in [1.82, 2.24) is 10.1 Å². The molecule has 0 atom stereocenters. The number of carboxylic acids is 1. The average molecular weight is 278 g/mol. The van der Waals surface area contributed by atoms with Crippen LogP contribution in [0.3, 0.4) is 0 Å². The standard InChI is InChI=1S/C13H14N2O3S/c16-12(17)13(4-1-2-5-13)7-10-14-11(15-18-10)9-3-6-19-8-9/h3,6,8H,1-2,4-5,7H2,(H,16,17). The molecule has 0 spiro atoms. The van der Waals surface area contributed by atoms with Crippen molar-refractivity contribution in [3.8, 4) is 11.4 Å². The summed E-state index contributed by atoms with van der Waals surface area (Å²) >= 11 is 1.56. The number of thiophene rings is 1. The molecule has 0 amide bonds. The van der Waals surface area contributed by atoms with Crippen molar-refractivity contribution in [2.75, 3.05) is 0 Å². The lowest BCUT2D eigenvalue weighted by Crippen LogP contribution is -2.30. The Morgan fingerprint density at radius 2 is 2.26 bits per heavy atom. The van der Waals surface area contributed by atoms with Gasteiger partial charge in [0.1, 0.15) is 0 Å². The highest BCUT2D eigenvalue weighted by Crippen LogP contribution is 2.41. The van der Waals surface area contributed by atoms with Crippen molar-refractivity contribution in [1.29, 1.82) is 0 Å². The number of aromatic nitrogens is 2. The molecule has 0 radical (unpaired) electrons. The summed E-state index contributed by atoms with van der Waals surface area (Å²) in [7, 11) is 0. The van der Waals surface area contributed by atoms with Gasteiger partial charge in [-0.3, -0.25) is 4.79 Å². The molecule has 2 aromatic rings. The smallest absolute Gasteiger partial charge is 0.310 e. The second-order valence-corrected chi connectivity index (χ2v) is 5.77. The first kappa shape index (κ1) is 12.3. The second-order valence-electron chi connectivity index (χ2n) is 4.99. The molecule has 5 nitrogen and oxygen atoms in total. The first-order chi connectivity index (χ1) is 9.20. The van der Waals surface area contributed by atoms with Crippen LogP contribution in [0.25, 0.3) is 11.4 Å². The van der Waals surface area contributed by atoms with Gasteiger partial charge in [-0.05, 0) is 24.3 Å². The van der Waals surface area contributed by atoms with Gasteiger partial charge in [0.25, 0.3) is 0 Å². The highest BCUT2D eigenvalue weighted by Gasteiger charge is 2.42. The van der Waals surface area contributed by atoms with E-state index in [1.807, 2.05) is 16.8 Å². The molecule has 0 unspecified atom stereocenters. The predicted molar refractivity (Wildman–Crippen MR) is 69.9 cm³/mol. The third-order valence-corrected chi connectivity index (χ3v) is 4.43. The van der Waals surface area contributed by atoms with Crippen LogP contribution in [0.5, 0.6) is 0 Å². The third kappa shape index (κ3) is 2.28. The molecule has 1 saturated carbocycles. The minimum Gasteiger partial charge on any atom is -0.481 e. The van der Waals surface area contributed by atoms with Gasteiger partial charge < -0.3 is 9.63 Å². The summed E-state index contributed by atoms with van der Waals surface area (Å²) in [4.78, 5) is 15.8. The molecule has 1 N–H and O–H groups in total. The zero-order valence-electron chi connectivity index (χ0n) is 10.3. The molecule has 6 heteroatoms. The summed E-state index contributed by atoms with van der Waals surface area (Å²) in [5.74, 6) is 0.209. The maximum Gasteiger partial charge on any atom is 0.310 e. The molecule has 1 fully saturated rings. The number of carbonyl (C=O) groups is 1. The molecule has 19 heavy (non-hydrogen) atoms. The van der Waals surface area contributed by atoms with Crippen molar-refractivity contribution < 1.29 is 14.4 Å². The summed E-state index contributed by atoms with van der Waals surface area (Å²) in [5, 5.41) is 17.2. The lowest BCUT2D eigenvalue weighted by Gasteiger charge is -2.21. The quantitative estimate of drug-likeness (QED) is 0.930. The minimum atomic E-state index is -0.750. The SMILES string of the molecule is O=C(O)C1(Cc2nc(-c3ccsc3)no2)CCCC1. The Morgan fingerprint density at radius 3 is 2.89 bits per heavy atom. The molecule has 100 valence electrons. The van der Waals surface area contributed by atoms with Gasteiger partial charge in [-0.25, -0.2) is 0 Å². The van der Waals surface area contributed by atoms with Crippen LogP contribution in [0.1, 0.15) is 31.6 Å². The first-order valence-electron chi connectivity index (χ1n) is 6.28. The fourth-order valence-electron chi connectivity index (χ4n) is 2.64. The summed E-state index contributed by atoms with van der Waals surface area (Å²) in [6.45, 7) is 0. The van der Waals surface area contributed by atoms with Crippen molar-refractivity contribution >= 4 is 17.3 Å². The Hall–Kier alpha value is -1.69.